The van der Waals surface area contributed by atoms with Crippen molar-refractivity contribution in [1.82, 2.24) is 5.32 Å². The summed E-state index contributed by atoms with van der Waals surface area (Å²) in [4.78, 5) is 12.1. The van der Waals surface area contributed by atoms with E-state index in [1.165, 1.54) is 12.1 Å². The molecule has 136 valence electrons. The predicted octanol–water partition coefficient (Wildman–Crippen LogP) is 4.21. The number of rotatable bonds is 4. The van der Waals surface area contributed by atoms with Crippen LogP contribution in [0.15, 0.2) is 24.3 Å². The van der Waals surface area contributed by atoms with Crippen molar-refractivity contribution in [2.75, 3.05) is 0 Å². The Morgan fingerprint density at radius 3 is 2.38 bits per heavy atom. The first-order chi connectivity index (χ1) is 10.8. The molecule has 0 aliphatic heterocycles. The Balaban J connectivity index is 0.00000288. The lowest BCUT2D eigenvalue weighted by molar-refractivity contribution is -0.137. The molecule has 0 spiro atoms. The third kappa shape index (κ3) is 5.67. The van der Waals surface area contributed by atoms with E-state index in [0.717, 1.165) is 37.8 Å². The highest BCUT2D eigenvalue weighted by Crippen LogP contribution is 2.30. The van der Waals surface area contributed by atoms with Gasteiger partial charge in [0.1, 0.15) is 0 Å². The van der Waals surface area contributed by atoms with Crippen molar-refractivity contribution in [3.05, 3.63) is 35.4 Å². The monoisotopic (exact) mass is 364 g/mol. The molecule has 2 rings (SSSR count). The first-order valence-corrected chi connectivity index (χ1v) is 7.99. The molecule has 3 unspecified atom stereocenters. The quantitative estimate of drug-likeness (QED) is 0.840. The van der Waals surface area contributed by atoms with E-state index in [2.05, 4.69) is 5.32 Å². The Morgan fingerprint density at radius 2 is 1.83 bits per heavy atom. The minimum atomic E-state index is -4.35. The number of alkyl halides is 3. The molecule has 1 aromatic rings. The van der Waals surface area contributed by atoms with Crippen LogP contribution in [-0.4, -0.2) is 11.9 Å². The zero-order valence-corrected chi connectivity index (χ0v) is 14.4. The normalized spacial score (nSPS) is 22.4. The van der Waals surface area contributed by atoms with Crippen molar-refractivity contribution >= 4 is 18.3 Å². The van der Waals surface area contributed by atoms with Gasteiger partial charge in [-0.2, -0.15) is 13.2 Å². The summed E-state index contributed by atoms with van der Waals surface area (Å²) in [7, 11) is 0. The number of amides is 1. The van der Waals surface area contributed by atoms with Gasteiger partial charge in [-0.25, -0.2) is 0 Å². The molecule has 1 amide bonds. The van der Waals surface area contributed by atoms with Gasteiger partial charge in [-0.05, 0) is 43.4 Å². The van der Waals surface area contributed by atoms with Gasteiger partial charge in [0.2, 0.25) is 5.91 Å². The molecule has 0 saturated heterocycles. The molecule has 0 aromatic heterocycles. The highest BCUT2D eigenvalue weighted by molar-refractivity contribution is 5.85. The molecule has 3 nitrogen and oxygen atoms in total. The molecule has 1 aromatic carbocycles. The molecule has 7 heteroatoms. The van der Waals surface area contributed by atoms with Crippen molar-refractivity contribution in [1.29, 1.82) is 0 Å². The predicted molar refractivity (Wildman–Crippen MR) is 89.8 cm³/mol. The van der Waals surface area contributed by atoms with Crippen LogP contribution in [0.25, 0.3) is 0 Å². The topological polar surface area (TPSA) is 55.1 Å². The van der Waals surface area contributed by atoms with Crippen LogP contribution >= 0.6 is 12.4 Å². The highest BCUT2D eigenvalue weighted by Gasteiger charge is 2.30. The Bertz CT molecular complexity index is 534. The smallest absolute Gasteiger partial charge is 0.350 e. The van der Waals surface area contributed by atoms with Gasteiger partial charge in [-0.1, -0.05) is 25.0 Å². The molecule has 24 heavy (non-hydrogen) atoms. The van der Waals surface area contributed by atoms with E-state index in [1.54, 1.807) is 6.92 Å². The molecule has 0 bridgehead atoms. The van der Waals surface area contributed by atoms with Crippen LogP contribution in [0.5, 0.6) is 0 Å². The minimum Gasteiger partial charge on any atom is -0.350 e. The van der Waals surface area contributed by atoms with Crippen molar-refractivity contribution in [3.8, 4) is 0 Å². The summed E-state index contributed by atoms with van der Waals surface area (Å²) in [5.41, 5.74) is 6.01. The average molecular weight is 365 g/mol. The lowest BCUT2D eigenvalue weighted by Gasteiger charge is -2.28. The molecule has 0 heterocycles. The number of halogens is 4. The Labute approximate surface area is 146 Å². The maximum Gasteiger partial charge on any atom is 0.416 e. The number of carbonyl (C=O) groups excluding carboxylic acids is 1. The second-order valence-corrected chi connectivity index (χ2v) is 6.32. The lowest BCUT2D eigenvalue weighted by Crippen LogP contribution is -2.37. The third-order valence-corrected chi connectivity index (χ3v) is 4.53. The zero-order chi connectivity index (χ0) is 17.0. The fourth-order valence-electron chi connectivity index (χ4n) is 3.07. The summed E-state index contributed by atoms with van der Waals surface area (Å²) in [6.45, 7) is 1.77. The van der Waals surface area contributed by atoms with E-state index >= 15 is 0 Å². The van der Waals surface area contributed by atoms with E-state index < -0.39 is 11.7 Å². The number of nitrogens with one attached hydrogen (secondary N) is 1. The SMILES string of the molecule is CC(NC(=O)CC1CCCCC1N)c1ccc(C(F)(F)F)cc1.Cl. The van der Waals surface area contributed by atoms with Crippen LogP contribution in [-0.2, 0) is 11.0 Å². The van der Waals surface area contributed by atoms with Crippen LogP contribution in [0, 0.1) is 5.92 Å². The molecule has 1 aliphatic rings. The summed E-state index contributed by atoms with van der Waals surface area (Å²) < 4.78 is 37.6. The maximum atomic E-state index is 12.5. The zero-order valence-electron chi connectivity index (χ0n) is 13.6. The fraction of sp³-hybridized carbons (Fsp3) is 0.588. The number of carbonyl (C=O) groups is 1. The van der Waals surface area contributed by atoms with Gasteiger partial charge in [0.15, 0.2) is 0 Å². The van der Waals surface area contributed by atoms with Crippen LogP contribution < -0.4 is 11.1 Å². The molecular weight excluding hydrogens is 341 g/mol. The van der Waals surface area contributed by atoms with E-state index in [-0.39, 0.29) is 36.3 Å². The third-order valence-electron chi connectivity index (χ3n) is 4.53. The lowest BCUT2D eigenvalue weighted by atomic mass is 9.83. The van der Waals surface area contributed by atoms with Gasteiger partial charge < -0.3 is 11.1 Å². The number of hydrogen-bond donors (Lipinski definition) is 2. The highest BCUT2D eigenvalue weighted by atomic mass is 35.5. The molecular formula is C17H24ClF3N2O. The Hall–Kier alpha value is -1.27. The van der Waals surface area contributed by atoms with Crippen LogP contribution in [0.3, 0.4) is 0 Å². The van der Waals surface area contributed by atoms with Gasteiger partial charge in [0.25, 0.3) is 0 Å². The summed E-state index contributed by atoms with van der Waals surface area (Å²) in [5, 5.41) is 2.85. The molecule has 3 atom stereocenters. The van der Waals surface area contributed by atoms with E-state index in [9.17, 15) is 18.0 Å². The Morgan fingerprint density at radius 1 is 1.25 bits per heavy atom. The maximum absolute atomic E-state index is 12.5. The van der Waals surface area contributed by atoms with Gasteiger partial charge >= 0.3 is 6.18 Å². The molecule has 1 saturated carbocycles. The summed E-state index contributed by atoms with van der Waals surface area (Å²) in [5.74, 6) is 0.100. The Kier molecular flexibility index (Phi) is 7.55. The van der Waals surface area contributed by atoms with Gasteiger partial charge in [-0.3, -0.25) is 4.79 Å². The van der Waals surface area contributed by atoms with Crippen LogP contribution in [0.2, 0.25) is 0 Å². The summed E-state index contributed by atoms with van der Waals surface area (Å²) in [6.07, 6.45) is 0.158. The fourth-order valence-corrected chi connectivity index (χ4v) is 3.07. The van der Waals surface area contributed by atoms with Gasteiger partial charge in [0.05, 0.1) is 11.6 Å². The van der Waals surface area contributed by atoms with Gasteiger partial charge in [-0.15, -0.1) is 12.4 Å². The second-order valence-electron chi connectivity index (χ2n) is 6.32. The van der Waals surface area contributed by atoms with Crippen LogP contribution in [0.1, 0.15) is 56.2 Å². The largest absolute Gasteiger partial charge is 0.416 e. The molecule has 0 radical (unpaired) electrons. The minimum absolute atomic E-state index is 0. The van der Waals surface area contributed by atoms with E-state index in [0.29, 0.717) is 12.0 Å². The summed E-state index contributed by atoms with van der Waals surface area (Å²) in [6, 6.07) is 4.62. The molecule has 1 aliphatic carbocycles. The van der Waals surface area contributed by atoms with Crippen molar-refractivity contribution < 1.29 is 18.0 Å². The number of hydrogen-bond acceptors (Lipinski definition) is 2. The van der Waals surface area contributed by atoms with E-state index in [1.807, 2.05) is 0 Å². The summed E-state index contributed by atoms with van der Waals surface area (Å²) >= 11 is 0. The number of nitrogens with two attached hydrogens (primary N) is 1. The molecule has 3 N–H and O–H groups in total. The van der Waals surface area contributed by atoms with Crippen molar-refractivity contribution in [2.24, 2.45) is 11.7 Å². The molecule has 1 fully saturated rings. The average Bonchev–Trinajstić information content (AvgIpc) is 2.49. The second kappa shape index (κ2) is 8.72. The van der Waals surface area contributed by atoms with Crippen molar-refractivity contribution in [3.63, 3.8) is 0 Å². The first-order valence-electron chi connectivity index (χ1n) is 7.99. The van der Waals surface area contributed by atoms with Gasteiger partial charge in [0, 0.05) is 12.5 Å². The number of benzene rings is 1. The first kappa shape index (κ1) is 20.8. The van der Waals surface area contributed by atoms with E-state index in [4.69, 9.17) is 5.73 Å². The van der Waals surface area contributed by atoms with Crippen LogP contribution in [0.4, 0.5) is 13.2 Å². The van der Waals surface area contributed by atoms with Crippen molar-refractivity contribution in [2.45, 2.75) is 57.3 Å². The standard InChI is InChI=1S/C17H23F3N2O.ClH/c1-11(12-6-8-14(9-7-12)17(18,19)20)22-16(23)10-13-4-2-3-5-15(13)21;/h6-9,11,13,15H,2-5,10,21H2,1H3,(H,22,23);1H.